The summed E-state index contributed by atoms with van der Waals surface area (Å²) in [5.74, 6) is -0.176. The van der Waals surface area contributed by atoms with Gasteiger partial charge in [-0.2, -0.15) is 0 Å². The average molecular weight is 200 g/mol. The lowest BCUT2D eigenvalue weighted by molar-refractivity contribution is -0.220. The number of carbonyl (C=O) groups excluding carboxylic acids is 1. The number of hydrogen-bond donors (Lipinski definition) is 0. The Hall–Kier alpha value is -0.610. The van der Waals surface area contributed by atoms with Gasteiger partial charge in [0.2, 0.25) is 0 Å². The molecule has 0 aromatic rings. The summed E-state index contributed by atoms with van der Waals surface area (Å²) < 4.78 is 15.6. The summed E-state index contributed by atoms with van der Waals surface area (Å²) in [5.41, 5.74) is -0.235. The van der Waals surface area contributed by atoms with Gasteiger partial charge in [0, 0.05) is 0 Å². The first-order valence-corrected chi connectivity index (χ1v) is 5.06. The number of esters is 1. The molecule has 0 N–H and O–H groups in total. The minimum Gasteiger partial charge on any atom is -0.469 e. The number of ether oxygens (including phenoxy) is 3. The Labute approximate surface area is 83.5 Å². The molecule has 1 aliphatic carbocycles. The highest BCUT2D eigenvalue weighted by molar-refractivity contribution is 5.70. The molecule has 2 fully saturated rings. The number of rotatable bonds is 4. The van der Waals surface area contributed by atoms with E-state index in [0.29, 0.717) is 19.6 Å². The maximum atomic E-state index is 11.2. The predicted octanol–water partition coefficient (Wildman–Crippen LogP) is 0.888. The van der Waals surface area contributed by atoms with Crippen molar-refractivity contribution >= 4 is 5.97 Å². The van der Waals surface area contributed by atoms with Crippen molar-refractivity contribution < 1.29 is 19.0 Å². The van der Waals surface area contributed by atoms with Crippen LogP contribution in [0.4, 0.5) is 0 Å². The van der Waals surface area contributed by atoms with Gasteiger partial charge in [0.1, 0.15) is 6.10 Å². The minimum absolute atomic E-state index is 0.176. The monoisotopic (exact) mass is 200 g/mol. The smallest absolute Gasteiger partial charge is 0.308 e. The zero-order chi connectivity index (χ0) is 10.0. The summed E-state index contributed by atoms with van der Waals surface area (Å²) in [7, 11) is 1.42. The van der Waals surface area contributed by atoms with Gasteiger partial charge in [-0.25, -0.2) is 0 Å². The molecular formula is C10H16O4. The van der Waals surface area contributed by atoms with Crippen molar-refractivity contribution in [2.45, 2.75) is 37.4 Å². The zero-order valence-electron chi connectivity index (χ0n) is 8.45. The van der Waals surface area contributed by atoms with Crippen LogP contribution in [-0.4, -0.2) is 38.0 Å². The molecule has 0 radical (unpaired) electrons. The van der Waals surface area contributed by atoms with Crippen LogP contribution in [0.3, 0.4) is 0 Å². The van der Waals surface area contributed by atoms with Crippen LogP contribution in [-0.2, 0) is 19.0 Å². The van der Waals surface area contributed by atoms with Gasteiger partial charge in [-0.1, -0.05) is 0 Å². The molecule has 80 valence electrons. The van der Waals surface area contributed by atoms with Gasteiger partial charge in [-0.3, -0.25) is 4.79 Å². The molecule has 0 spiro atoms. The quantitative estimate of drug-likeness (QED) is 0.632. The third kappa shape index (κ3) is 1.91. The molecule has 0 amide bonds. The highest BCUT2D eigenvalue weighted by Crippen LogP contribution is 2.40. The Bertz CT molecular complexity index is 218. The normalized spacial score (nSPS) is 24.9. The fourth-order valence-electron chi connectivity index (χ4n) is 1.88. The van der Waals surface area contributed by atoms with E-state index in [1.54, 1.807) is 0 Å². The van der Waals surface area contributed by atoms with Gasteiger partial charge in [-0.05, 0) is 19.3 Å². The second kappa shape index (κ2) is 3.87. The first-order valence-electron chi connectivity index (χ1n) is 5.06. The molecule has 0 bridgehead atoms. The summed E-state index contributed by atoms with van der Waals surface area (Å²) in [5, 5.41) is 0. The van der Waals surface area contributed by atoms with E-state index in [1.165, 1.54) is 7.11 Å². The van der Waals surface area contributed by atoms with Crippen LogP contribution in [0.15, 0.2) is 0 Å². The maximum Gasteiger partial charge on any atom is 0.308 e. The molecule has 0 atom stereocenters. The zero-order valence-corrected chi connectivity index (χ0v) is 8.45. The van der Waals surface area contributed by atoms with Crippen LogP contribution >= 0.6 is 0 Å². The molecule has 1 aliphatic heterocycles. The van der Waals surface area contributed by atoms with Crippen molar-refractivity contribution in [3.05, 3.63) is 0 Å². The third-order valence-corrected chi connectivity index (χ3v) is 2.98. The van der Waals surface area contributed by atoms with Crippen LogP contribution in [0.25, 0.3) is 0 Å². The maximum absolute atomic E-state index is 11.2. The van der Waals surface area contributed by atoms with Crippen molar-refractivity contribution in [3.63, 3.8) is 0 Å². The molecule has 0 aromatic heterocycles. The number of methoxy groups -OCH3 is 1. The van der Waals surface area contributed by atoms with E-state index in [0.717, 1.165) is 19.3 Å². The van der Waals surface area contributed by atoms with Gasteiger partial charge in [-0.15, -0.1) is 0 Å². The van der Waals surface area contributed by atoms with Gasteiger partial charge in [0.25, 0.3) is 0 Å². The van der Waals surface area contributed by atoms with E-state index >= 15 is 0 Å². The molecule has 1 saturated carbocycles. The summed E-state index contributed by atoms with van der Waals surface area (Å²) in [6, 6.07) is 0. The molecule has 2 rings (SSSR count). The van der Waals surface area contributed by atoms with E-state index in [2.05, 4.69) is 4.74 Å². The molecule has 4 heteroatoms. The average Bonchev–Trinajstić information content (AvgIpc) is 2.06. The fraction of sp³-hybridized carbons (Fsp3) is 0.900. The second-order valence-electron chi connectivity index (χ2n) is 4.07. The summed E-state index contributed by atoms with van der Waals surface area (Å²) >= 11 is 0. The highest BCUT2D eigenvalue weighted by Gasteiger charge is 2.43. The molecule has 14 heavy (non-hydrogen) atoms. The van der Waals surface area contributed by atoms with Crippen LogP contribution in [0.1, 0.15) is 25.7 Å². The summed E-state index contributed by atoms with van der Waals surface area (Å²) in [6.07, 6.45) is 3.67. The van der Waals surface area contributed by atoms with Crippen LogP contribution in [0.5, 0.6) is 0 Å². The Balaban J connectivity index is 1.84. The molecular weight excluding hydrogens is 184 g/mol. The van der Waals surface area contributed by atoms with E-state index in [1.807, 2.05) is 0 Å². The predicted molar refractivity (Wildman–Crippen MR) is 48.9 cm³/mol. The number of carbonyl (C=O) groups is 1. The van der Waals surface area contributed by atoms with Crippen molar-refractivity contribution in [1.82, 2.24) is 0 Å². The highest BCUT2D eigenvalue weighted by atomic mass is 16.6. The Morgan fingerprint density at radius 3 is 2.57 bits per heavy atom. The first-order chi connectivity index (χ1) is 6.74. The summed E-state index contributed by atoms with van der Waals surface area (Å²) in [4.78, 5) is 11.2. The third-order valence-electron chi connectivity index (χ3n) is 2.98. The lowest BCUT2D eigenvalue weighted by atomic mass is 9.77. The standard InChI is InChI=1S/C10H16O4/c1-12-9(11)5-10(3-2-4-10)14-8-6-13-7-8/h8H,2-7H2,1H3. The second-order valence-corrected chi connectivity index (χ2v) is 4.07. The Morgan fingerprint density at radius 2 is 2.21 bits per heavy atom. The molecule has 1 heterocycles. The lowest BCUT2D eigenvalue weighted by Gasteiger charge is -2.45. The lowest BCUT2D eigenvalue weighted by Crippen LogP contribution is -2.50. The molecule has 2 aliphatic rings. The van der Waals surface area contributed by atoms with E-state index in [4.69, 9.17) is 9.47 Å². The van der Waals surface area contributed by atoms with Crippen LogP contribution in [0.2, 0.25) is 0 Å². The molecule has 0 aromatic carbocycles. The van der Waals surface area contributed by atoms with Gasteiger partial charge in [0.15, 0.2) is 0 Å². The summed E-state index contributed by atoms with van der Waals surface area (Å²) in [6.45, 7) is 1.34. The van der Waals surface area contributed by atoms with Gasteiger partial charge in [0.05, 0.1) is 32.3 Å². The van der Waals surface area contributed by atoms with Gasteiger partial charge < -0.3 is 14.2 Å². The van der Waals surface area contributed by atoms with Gasteiger partial charge >= 0.3 is 5.97 Å². The topological polar surface area (TPSA) is 44.8 Å². The Kier molecular flexibility index (Phi) is 2.74. The van der Waals surface area contributed by atoms with Crippen molar-refractivity contribution in [2.75, 3.05) is 20.3 Å². The first kappa shape index (κ1) is 9.93. The number of hydrogen-bond acceptors (Lipinski definition) is 4. The van der Waals surface area contributed by atoms with E-state index in [-0.39, 0.29) is 17.7 Å². The fourth-order valence-corrected chi connectivity index (χ4v) is 1.88. The molecule has 4 nitrogen and oxygen atoms in total. The molecule has 1 saturated heterocycles. The minimum atomic E-state index is -0.235. The largest absolute Gasteiger partial charge is 0.469 e. The van der Waals surface area contributed by atoms with E-state index < -0.39 is 0 Å². The van der Waals surface area contributed by atoms with Crippen LogP contribution < -0.4 is 0 Å². The van der Waals surface area contributed by atoms with E-state index in [9.17, 15) is 4.79 Å². The van der Waals surface area contributed by atoms with Crippen molar-refractivity contribution in [3.8, 4) is 0 Å². The van der Waals surface area contributed by atoms with Crippen molar-refractivity contribution in [1.29, 1.82) is 0 Å². The molecule has 0 unspecified atom stereocenters. The SMILES string of the molecule is COC(=O)CC1(OC2COC2)CCC1. The van der Waals surface area contributed by atoms with Crippen molar-refractivity contribution in [2.24, 2.45) is 0 Å². The Morgan fingerprint density at radius 1 is 1.50 bits per heavy atom. The van der Waals surface area contributed by atoms with Crippen LogP contribution in [0, 0.1) is 0 Å².